The van der Waals surface area contributed by atoms with Gasteiger partial charge in [0.15, 0.2) is 0 Å². The molecule has 0 amide bonds. The second kappa shape index (κ2) is 7.96. The van der Waals surface area contributed by atoms with E-state index < -0.39 is 0 Å². The molecule has 0 aromatic carbocycles. The standard InChI is InChI=1S/C16H24N4O/c1-3-15-13-20(8-7-19(15)9-10-21-4-2)16-6-5-14(11-17)12-18-16/h5-6,12,15H,3-4,7-10,13H2,1-2H3/t15-/m0/s1. The van der Waals surface area contributed by atoms with Gasteiger partial charge in [-0.2, -0.15) is 5.26 Å². The van der Waals surface area contributed by atoms with E-state index in [2.05, 4.69) is 27.8 Å². The molecule has 5 nitrogen and oxygen atoms in total. The lowest BCUT2D eigenvalue weighted by atomic mass is 10.1. The fourth-order valence-corrected chi connectivity index (χ4v) is 2.75. The zero-order valence-corrected chi connectivity index (χ0v) is 13.0. The third-order valence-electron chi connectivity index (χ3n) is 4.00. The normalized spacial score (nSPS) is 19.5. The van der Waals surface area contributed by atoms with E-state index in [1.807, 2.05) is 19.1 Å². The lowest BCUT2D eigenvalue weighted by Gasteiger charge is -2.41. The summed E-state index contributed by atoms with van der Waals surface area (Å²) in [5, 5.41) is 8.83. The maximum absolute atomic E-state index is 8.83. The van der Waals surface area contributed by atoms with Gasteiger partial charge in [0.2, 0.25) is 0 Å². The third-order valence-corrected chi connectivity index (χ3v) is 4.00. The Hall–Kier alpha value is -1.64. The second-order valence-electron chi connectivity index (χ2n) is 5.26. The van der Waals surface area contributed by atoms with Gasteiger partial charge in [0.25, 0.3) is 0 Å². The molecular weight excluding hydrogens is 264 g/mol. The predicted molar refractivity (Wildman–Crippen MR) is 83.3 cm³/mol. The van der Waals surface area contributed by atoms with Crippen molar-refractivity contribution in [3.05, 3.63) is 23.9 Å². The summed E-state index contributed by atoms with van der Waals surface area (Å²) in [5.74, 6) is 0.969. The Morgan fingerprint density at radius 2 is 2.24 bits per heavy atom. The number of nitrogens with zero attached hydrogens (tertiary/aromatic N) is 4. The highest BCUT2D eigenvalue weighted by Crippen LogP contribution is 2.18. The molecule has 0 saturated carbocycles. The van der Waals surface area contributed by atoms with Crippen LogP contribution in [0.5, 0.6) is 0 Å². The molecule has 1 saturated heterocycles. The average Bonchev–Trinajstić information content (AvgIpc) is 2.55. The van der Waals surface area contributed by atoms with Crippen molar-refractivity contribution in [3.63, 3.8) is 0 Å². The molecule has 0 N–H and O–H groups in total. The van der Waals surface area contributed by atoms with Gasteiger partial charge < -0.3 is 9.64 Å². The molecule has 1 aliphatic rings. The fraction of sp³-hybridized carbons (Fsp3) is 0.625. The van der Waals surface area contributed by atoms with Crippen molar-refractivity contribution in [2.24, 2.45) is 0 Å². The van der Waals surface area contributed by atoms with E-state index in [0.29, 0.717) is 11.6 Å². The highest BCUT2D eigenvalue weighted by molar-refractivity contribution is 5.42. The first-order chi connectivity index (χ1) is 10.3. The maximum atomic E-state index is 8.83. The number of hydrogen-bond acceptors (Lipinski definition) is 5. The smallest absolute Gasteiger partial charge is 0.128 e. The van der Waals surface area contributed by atoms with Gasteiger partial charge in [0.05, 0.1) is 12.2 Å². The Morgan fingerprint density at radius 1 is 1.38 bits per heavy atom. The number of aromatic nitrogens is 1. The van der Waals surface area contributed by atoms with E-state index in [4.69, 9.17) is 10.00 Å². The molecule has 5 heteroatoms. The topological polar surface area (TPSA) is 52.4 Å². The first kappa shape index (κ1) is 15.7. The van der Waals surface area contributed by atoms with Crippen LogP contribution in [0.3, 0.4) is 0 Å². The molecule has 2 rings (SSSR count). The number of nitriles is 1. The van der Waals surface area contributed by atoms with Crippen molar-refractivity contribution >= 4 is 5.82 Å². The number of anilines is 1. The number of piperazine rings is 1. The molecule has 1 fully saturated rings. The summed E-state index contributed by atoms with van der Waals surface area (Å²) < 4.78 is 5.47. The summed E-state index contributed by atoms with van der Waals surface area (Å²) in [5.41, 5.74) is 0.612. The van der Waals surface area contributed by atoms with Gasteiger partial charge in [-0.05, 0) is 25.5 Å². The van der Waals surface area contributed by atoms with Crippen molar-refractivity contribution in [2.75, 3.05) is 44.3 Å². The SMILES string of the molecule is CCOCCN1CCN(c2ccc(C#N)cn2)C[C@@H]1CC. The van der Waals surface area contributed by atoms with Gasteiger partial charge >= 0.3 is 0 Å². The zero-order chi connectivity index (χ0) is 15.1. The van der Waals surface area contributed by atoms with Crippen LogP contribution in [0.15, 0.2) is 18.3 Å². The summed E-state index contributed by atoms with van der Waals surface area (Å²) in [6.45, 7) is 9.85. The summed E-state index contributed by atoms with van der Waals surface area (Å²) in [6, 6.07) is 6.43. The van der Waals surface area contributed by atoms with E-state index in [0.717, 1.165) is 51.6 Å². The lowest BCUT2D eigenvalue weighted by molar-refractivity contribution is 0.0869. The maximum Gasteiger partial charge on any atom is 0.128 e. The summed E-state index contributed by atoms with van der Waals surface area (Å²) in [4.78, 5) is 9.22. The second-order valence-corrected chi connectivity index (χ2v) is 5.26. The first-order valence-electron chi connectivity index (χ1n) is 7.71. The van der Waals surface area contributed by atoms with E-state index in [1.165, 1.54) is 0 Å². The van der Waals surface area contributed by atoms with Crippen LogP contribution < -0.4 is 4.90 Å². The largest absolute Gasteiger partial charge is 0.380 e. The van der Waals surface area contributed by atoms with Gasteiger partial charge in [-0.1, -0.05) is 6.92 Å². The molecule has 0 spiro atoms. The lowest BCUT2D eigenvalue weighted by Crippen LogP contribution is -2.54. The van der Waals surface area contributed by atoms with Crippen LogP contribution in [-0.2, 0) is 4.74 Å². The predicted octanol–water partition coefficient (Wildman–Crippen LogP) is 1.89. The van der Waals surface area contributed by atoms with Gasteiger partial charge in [0.1, 0.15) is 11.9 Å². The highest BCUT2D eigenvalue weighted by atomic mass is 16.5. The molecule has 114 valence electrons. The molecule has 0 bridgehead atoms. The van der Waals surface area contributed by atoms with Crippen LogP contribution in [0, 0.1) is 11.3 Å². The van der Waals surface area contributed by atoms with Crippen LogP contribution in [0.25, 0.3) is 0 Å². The van der Waals surface area contributed by atoms with Crippen molar-refractivity contribution in [1.82, 2.24) is 9.88 Å². The van der Waals surface area contributed by atoms with E-state index >= 15 is 0 Å². The molecule has 1 aromatic heterocycles. The van der Waals surface area contributed by atoms with Crippen LogP contribution >= 0.6 is 0 Å². The number of rotatable bonds is 6. The van der Waals surface area contributed by atoms with Gasteiger partial charge in [0, 0.05) is 45.0 Å². The Balaban J connectivity index is 1.94. The highest BCUT2D eigenvalue weighted by Gasteiger charge is 2.26. The van der Waals surface area contributed by atoms with Crippen LogP contribution in [-0.4, -0.2) is 55.3 Å². The minimum absolute atomic E-state index is 0.539. The summed E-state index contributed by atoms with van der Waals surface area (Å²) in [7, 11) is 0. The van der Waals surface area contributed by atoms with Crippen molar-refractivity contribution < 1.29 is 4.74 Å². The Labute approximate surface area is 127 Å². The van der Waals surface area contributed by atoms with E-state index in [9.17, 15) is 0 Å². The molecule has 1 atom stereocenters. The minimum Gasteiger partial charge on any atom is -0.380 e. The van der Waals surface area contributed by atoms with Crippen molar-refractivity contribution in [2.45, 2.75) is 26.3 Å². The van der Waals surface area contributed by atoms with E-state index in [1.54, 1.807) is 6.20 Å². The fourth-order valence-electron chi connectivity index (χ4n) is 2.75. The summed E-state index contributed by atoms with van der Waals surface area (Å²) in [6.07, 6.45) is 2.77. The Morgan fingerprint density at radius 3 is 2.86 bits per heavy atom. The number of pyridine rings is 1. The quantitative estimate of drug-likeness (QED) is 0.748. The molecule has 1 aliphatic heterocycles. The average molecular weight is 288 g/mol. The zero-order valence-electron chi connectivity index (χ0n) is 13.0. The van der Waals surface area contributed by atoms with Gasteiger partial charge in [-0.3, -0.25) is 4.90 Å². The molecule has 1 aromatic rings. The van der Waals surface area contributed by atoms with Crippen LogP contribution in [0.2, 0.25) is 0 Å². The number of hydrogen-bond donors (Lipinski definition) is 0. The van der Waals surface area contributed by atoms with Gasteiger partial charge in [-0.25, -0.2) is 4.98 Å². The first-order valence-corrected chi connectivity index (χ1v) is 7.71. The van der Waals surface area contributed by atoms with Gasteiger partial charge in [-0.15, -0.1) is 0 Å². The molecule has 0 radical (unpaired) electrons. The molecule has 0 unspecified atom stereocenters. The van der Waals surface area contributed by atoms with Crippen LogP contribution in [0.1, 0.15) is 25.8 Å². The molecule has 21 heavy (non-hydrogen) atoms. The Bertz CT molecular complexity index is 468. The third kappa shape index (κ3) is 4.16. The van der Waals surface area contributed by atoms with Crippen LogP contribution in [0.4, 0.5) is 5.82 Å². The number of ether oxygens (including phenoxy) is 1. The van der Waals surface area contributed by atoms with Crippen molar-refractivity contribution in [3.8, 4) is 6.07 Å². The monoisotopic (exact) mass is 288 g/mol. The Kier molecular flexibility index (Phi) is 5.97. The summed E-state index contributed by atoms with van der Waals surface area (Å²) >= 11 is 0. The minimum atomic E-state index is 0.539. The molecule has 2 heterocycles. The molecule has 0 aliphatic carbocycles. The van der Waals surface area contributed by atoms with E-state index in [-0.39, 0.29) is 0 Å². The molecular formula is C16H24N4O. The van der Waals surface area contributed by atoms with Crippen molar-refractivity contribution in [1.29, 1.82) is 5.26 Å².